The number of nitrogens with zero attached hydrogens (tertiary/aromatic N) is 3. The molecule has 0 unspecified atom stereocenters. The van der Waals surface area contributed by atoms with Gasteiger partial charge in [-0.15, -0.1) is 0 Å². The van der Waals surface area contributed by atoms with Crippen molar-refractivity contribution in [3.63, 3.8) is 0 Å². The molecule has 0 radical (unpaired) electrons. The molecule has 1 heterocycles. The van der Waals surface area contributed by atoms with Crippen LogP contribution in [-0.2, 0) is 13.5 Å². The summed E-state index contributed by atoms with van der Waals surface area (Å²) in [7, 11) is 4.77. The fourth-order valence-corrected chi connectivity index (χ4v) is 3.11. The van der Waals surface area contributed by atoms with Gasteiger partial charge in [-0.2, -0.15) is 0 Å². The van der Waals surface area contributed by atoms with Crippen molar-refractivity contribution in [1.82, 2.24) is 9.55 Å². The molecule has 0 bridgehead atoms. The largest absolute Gasteiger partial charge is 0.493 e. The number of nitrogens with one attached hydrogen (secondary N) is 1. The number of nitro benzene ring substituents is 1. The molecule has 0 saturated heterocycles. The number of benzene rings is 2. The second-order valence-electron chi connectivity index (χ2n) is 6.53. The summed E-state index contributed by atoms with van der Waals surface area (Å²) in [6, 6.07) is 8.30. The molecule has 3 aromatic rings. The van der Waals surface area contributed by atoms with Crippen molar-refractivity contribution < 1.29 is 14.4 Å². The molecule has 0 atom stereocenters. The van der Waals surface area contributed by atoms with E-state index < -0.39 is 4.92 Å². The summed E-state index contributed by atoms with van der Waals surface area (Å²) in [4.78, 5) is 27.9. The number of anilines is 1. The van der Waals surface area contributed by atoms with Crippen LogP contribution in [-0.4, -0.2) is 35.2 Å². The summed E-state index contributed by atoms with van der Waals surface area (Å²) >= 11 is 0. The first-order valence-electron chi connectivity index (χ1n) is 8.96. The van der Waals surface area contributed by atoms with Gasteiger partial charge in [-0.05, 0) is 31.0 Å². The predicted molar refractivity (Wildman–Crippen MR) is 110 cm³/mol. The first-order valence-corrected chi connectivity index (χ1v) is 8.96. The van der Waals surface area contributed by atoms with Gasteiger partial charge in [-0.25, -0.2) is 4.98 Å². The van der Waals surface area contributed by atoms with Crippen molar-refractivity contribution in [2.24, 2.45) is 7.05 Å². The van der Waals surface area contributed by atoms with E-state index in [9.17, 15) is 14.9 Å². The number of aryl methyl sites for hydroxylation is 1. The highest BCUT2D eigenvalue weighted by molar-refractivity contribution is 5.93. The Hall–Kier alpha value is -3.62. The number of hydrogen-bond donors (Lipinski definition) is 1. The zero-order valence-electron chi connectivity index (χ0n) is 16.7. The monoisotopic (exact) mass is 398 g/mol. The minimum Gasteiger partial charge on any atom is -0.493 e. The number of fused-ring (bicyclic) bond motifs is 1. The van der Waals surface area contributed by atoms with Gasteiger partial charge in [0.2, 0.25) is 0 Å². The molecule has 152 valence electrons. The Morgan fingerprint density at radius 2 is 1.90 bits per heavy atom. The number of methoxy groups -OCH3 is 2. The lowest BCUT2D eigenvalue weighted by atomic mass is 10.1. The maximum Gasteiger partial charge on any atom is 0.273 e. The number of non-ortho nitro benzene ring substituents is 1. The van der Waals surface area contributed by atoms with E-state index in [0.717, 1.165) is 5.56 Å². The second kappa shape index (κ2) is 8.17. The molecule has 0 aliphatic rings. The topological polar surface area (TPSA) is 109 Å². The van der Waals surface area contributed by atoms with Crippen LogP contribution in [0.25, 0.3) is 10.9 Å². The van der Waals surface area contributed by atoms with Gasteiger partial charge >= 0.3 is 0 Å². The number of aromatic nitrogens is 2. The molecule has 1 N–H and O–H groups in total. The van der Waals surface area contributed by atoms with E-state index in [2.05, 4.69) is 10.3 Å². The Bertz CT molecular complexity index is 1140. The molecule has 0 amide bonds. The normalized spacial score (nSPS) is 10.8. The molecule has 29 heavy (non-hydrogen) atoms. The molecule has 2 aromatic carbocycles. The highest BCUT2D eigenvalue weighted by Crippen LogP contribution is 2.29. The van der Waals surface area contributed by atoms with Gasteiger partial charge < -0.3 is 14.8 Å². The van der Waals surface area contributed by atoms with Crippen LogP contribution in [0.3, 0.4) is 0 Å². The Labute approximate surface area is 167 Å². The quantitative estimate of drug-likeness (QED) is 0.481. The van der Waals surface area contributed by atoms with Gasteiger partial charge in [0, 0.05) is 25.7 Å². The maximum atomic E-state index is 12.7. The minimum absolute atomic E-state index is 0.119. The second-order valence-corrected chi connectivity index (χ2v) is 6.53. The van der Waals surface area contributed by atoms with Gasteiger partial charge in [0.05, 0.1) is 35.7 Å². The van der Waals surface area contributed by atoms with E-state index in [1.165, 1.54) is 16.7 Å². The van der Waals surface area contributed by atoms with Crippen molar-refractivity contribution >= 4 is 22.3 Å². The van der Waals surface area contributed by atoms with Gasteiger partial charge in [-0.3, -0.25) is 19.5 Å². The Kier molecular flexibility index (Phi) is 5.67. The standard InChI is InChI=1S/C20H22N4O5/c1-12-22-16-11-14(24(26)27)10-15(19(16)20(25)23(12)2)21-8-7-13-5-6-17(28-3)18(9-13)29-4/h5-6,9-11,21H,7-8H2,1-4H3. The Morgan fingerprint density at radius 3 is 2.55 bits per heavy atom. The first-order chi connectivity index (χ1) is 13.8. The maximum absolute atomic E-state index is 12.7. The number of ether oxygens (including phenoxy) is 2. The summed E-state index contributed by atoms with van der Waals surface area (Å²) in [5, 5.41) is 14.8. The molecular weight excluding hydrogens is 376 g/mol. The summed E-state index contributed by atoms with van der Waals surface area (Å²) in [5.41, 5.74) is 1.31. The van der Waals surface area contributed by atoms with Crippen LogP contribution in [0.4, 0.5) is 11.4 Å². The lowest BCUT2D eigenvalue weighted by Gasteiger charge is -2.13. The Morgan fingerprint density at radius 1 is 1.17 bits per heavy atom. The van der Waals surface area contributed by atoms with Gasteiger partial charge in [-0.1, -0.05) is 6.07 Å². The molecule has 0 spiro atoms. The average molecular weight is 398 g/mol. The van der Waals surface area contributed by atoms with Crippen LogP contribution < -0.4 is 20.3 Å². The highest BCUT2D eigenvalue weighted by Gasteiger charge is 2.17. The SMILES string of the molecule is COc1ccc(CCNc2cc([N+](=O)[O-])cc3nc(C)n(C)c(=O)c23)cc1OC. The molecule has 0 fully saturated rings. The van der Waals surface area contributed by atoms with Crippen LogP contribution >= 0.6 is 0 Å². The molecule has 9 heteroatoms. The smallest absolute Gasteiger partial charge is 0.273 e. The molecule has 9 nitrogen and oxygen atoms in total. The summed E-state index contributed by atoms with van der Waals surface area (Å²) in [5.74, 6) is 1.75. The average Bonchev–Trinajstić information content (AvgIpc) is 2.71. The van der Waals surface area contributed by atoms with Crippen LogP contribution in [0.15, 0.2) is 35.1 Å². The molecular formula is C20H22N4O5. The van der Waals surface area contributed by atoms with E-state index >= 15 is 0 Å². The molecule has 1 aromatic heterocycles. The predicted octanol–water partition coefficient (Wildman–Crippen LogP) is 2.82. The van der Waals surface area contributed by atoms with Crippen LogP contribution in [0.5, 0.6) is 11.5 Å². The van der Waals surface area contributed by atoms with Crippen LogP contribution in [0.2, 0.25) is 0 Å². The summed E-state index contributed by atoms with van der Waals surface area (Å²) in [6.45, 7) is 2.15. The number of nitro groups is 1. The molecule has 0 saturated carbocycles. The van der Waals surface area contributed by atoms with Crippen molar-refractivity contribution in [3.05, 3.63) is 62.2 Å². The van der Waals surface area contributed by atoms with Gasteiger partial charge in [0.25, 0.3) is 11.2 Å². The lowest BCUT2D eigenvalue weighted by molar-refractivity contribution is -0.384. The van der Waals surface area contributed by atoms with E-state index in [0.29, 0.717) is 46.9 Å². The Balaban J connectivity index is 1.92. The van der Waals surface area contributed by atoms with E-state index in [1.54, 1.807) is 28.2 Å². The lowest BCUT2D eigenvalue weighted by Crippen LogP contribution is -2.22. The fraction of sp³-hybridized carbons (Fsp3) is 0.300. The van der Waals surface area contributed by atoms with Crippen molar-refractivity contribution in [2.45, 2.75) is 13.3 Å². The van der Waals surface area contributed by atoms with Crippen molar-refractivity contribution in [1.29, 1.82) is 0 Å². The first kappa shape index (κ1) is 20.1. The minimum atomic E-state index is -0.493. The number of rotatable bonds is 7. The third kappa shape index (κ3) is 3.98. The molecule has 0 aliphatic carbocycles. The van der Waals surface area contributed by atoms with E-state index in [1.807, 2.05) is 18.2 Å². The zero-order valence-corrected chi connectivity index (χ0v) is 16.7. The summed E-state index contributed by atoms with van der Waals surface area (Å²) < 4.78 is 12.0. The molecule has 0 aliphatic heterocycles. The molecule has 3 rings (SSSR count). The summed E-state index contributed by atoms with van der Waals surface area (Å²) in [6.07, 6.45) is 0.615. The van der Waals surface area contributed by atoms with Crippen molar-refractivity contribution in [2.75, 3.05) is 26.1 Å². The van der Waals surface area contributed by atoms with Crippen LogP contribution in [0, 0.1) is 17.0 Å². The highest BCUT2D eigenvalue weighted by atomic mass is 16.6. The third-order valence-corrected chi connectivity index (χ3v) is 4.78. The van der Waals surface area contributed by atoms with E-state index in [-0.39, 0.29) is 11.2 Å². The van der Waals surface area contributed by atoms with E-state index in [4.69, 9.17) is 9.47 Å². The van der Waals surface area contributed by atoms with Gasteiger partial charge in [0.15, 0.2) is 11.5 Å². The number of hydrogen-bond acceptors (Lipinski definition) is 7. The van der Waals surface area contributed by atoms with Crippen molar-refractivity contribution in [3.8, 4) is 11.5 Å². The fourth-order valence-electron chi connectivity index (χ4n) is 3.11. The zero-order chi connectivity index (χ0) is 21.1. The third-order valence-electron chi connectivity index (χ3n) is 4.78. The van der Waals surface area contributed by atoms with Gasteiger partial charge in [0.1, 0.15) is 5.82 Å². The van der Waals surface area contributed by atoms with Crippen LogP contribution in [0.1, 0.15) is 11.4 Å².